The maximum Gasteiger partial charge on any atom is 0.256 e. The molecular formula is C12H14ClNO2. The third-order valence-electron chi connectivity index (χ3n) is 3.92. The van der Waals surface area contributed by atoms with Gasteiger partial charge in [-0.1, -0.05) is 6.42 Å². The third kappa shape index (κ3) is 1.63. The lowest BCUT2D eigenvalue weighted by Gasteiger charge is -2.22. The van der Waals surface area contributed by atoms with Crippen LogP contribution >= 0.6 is 11.6 Å². The lowest BCUT2D eigenvalue weighted by Crippen LogP contribution is -2.38. The molecule has 0 aliphatic heterocycles. The van der Waals surface area contributed by atoms with Crippen molar-refractivity contribution in [2.45, 2.75) is 31.7 Å². The number of halogens is 1. The fourth-order valence-electron chi connectivity index (χ4n) is 3.12. The zero-order valence-corrected chi connectivity index (χ0v) is 9.67. The van der Waals surface area contributed by atoms with E-state index in [1.54, 1.807) is 6.07 Å². The van der Waals surface area contributed by atoms with Crippen LogP contribution in [-0.2, 0) is 0 Å². The molecule has 3 nitrogen and oxygen atoms in total. The monoisotopic (exact) mass is 239 g/mol. The number of nitrogens with one attached hydrogen (secondary N) is 1. The zero-order chi connectivity index (χ0) is 11.1. The molecule has 4 heteroatoms. The van der Waals surface area contributed by atoms with Crippen molar-refractivity contribution >= 4 is 17.5 Å². The lowest BCUT2D eigenvalue weighted by atomic mass is 9.95. The van der Waals surface area contributed by atoms with Crippen LogP contribution in [0.15, 0.2) is 16.7 Å². The molecular weight excluding hydrogens is 226 g/mol. The number of fused-ring (bicyclic) bond motifs is 2. The highest BCUT2D eigenvalue weighted by atomic mass is 35.5. The normalized spacial score (nSPS) is 31.9. The van der Waals surface area contributed by atoms with E-state index in [9.17, 15) is 4.79 Å². The van der Waals surface area contributed by atoms with Gasteiger partial charge in [0, 0.05) is 6.04 Å². The maximum absolute atomic E-state index is 11.9. The second kappa shape index (κ2) is 3.81. The fourth-order valence-corrected chi connectivity index (χ4v) is 3.32. The van der Waals surface area contributed by atoms with E-state index in [1.807, 2.05) is 0 Å². The average molecular weight is 240 g/mol. The van der Waals surface area contributed by atoms with Crippen LogP contribution in [0.3, 0.4) is 0 Å². The molecule has 0 radical (unpaired) electrons. The van der Waals surface area contributed by atoms with E-state index in [4.69, 9.17) is 16.0 Å². The molecule has 3 rings (SSSR count). The summed E-state index contributed by atoms with van der Waals surface area (Å²) in [4.78, 5) is 11.9. The van der Waals surface area contributed by atoms with E-state index in [0.29, 0.717) is 17.5 Å². The molecule has 0 saturated heterocycles. The van der Waals surface area contributed by atoms with Crippen LogP contribution < -0.4 is 5.32 Å². The molecule has 86 valence electrons. The van der Waals surface area contributed by atoms with Crippen molar-refractivity contribution in [3.8, 4) is 0 Å². The Balaban J connectivity index is 1.67. The number of amides is 1. The number of carbonyl (C=O) groups is 1. The summed E-state index contributed by atoms with van der Waals surface area (Å²) < 4.78 is 4.92. The number of hydrogen-bond acceptors (Lipinski definition) is 2. The zero-order valence-electron chi connectivity index (χ0n) is 8.91. The highest BCUT2D eigenvalue weighted by Crippen LogP contribution is 2.44. The third-order valence-corrected chi connectivity index (χ3v) is 4.21. The van der Waals surface area contributed by atoms with Crippen molar-refractivity contribution in [1.82, 2.24) is 5.32 Å². The Morgan fingerprint density at radius 2 is 2.31 bits per heavy atom. The molecule has 1 aromatic heterocycles. The van der Waals surface area contributed by atoms with E-state index in [0.717, 1.165) is 12.3 Å². The van der Waals surface area contributed by atoms with Crippen molar-refractivity contribution in [1.29, 1.82) is 0 Å². The average Bonchev–Trinajstić information content (AvgIpc) is 2.92. The van der Waals surface area contributed by atoms with Crippen LogP contribution in [0.25, 0.3) is 0 Å². The summed E-state index contributed by atoms with van der Waals surface area (Å²) in [6, 6.07) is 1.96. The Morgan fingerprint density at radius 3 is 2.88 bits per heavy atom. The van der Waals surface area contributed by atoms with Gasteiger partial charge in [-0.2, -0.15) is 0 Å². The summed E-state index contributed by atoms with van der Waals surface area (Å²) in [5, 5.41) is 3.25. The van der Waals surface area contributed by atoms with Crippen molar-refractivity contribution in [3.05, 3.63) is 23.1 Å². The summed E-state index contributed by atoms with van der Waals surface area (Å²) >= 11 is 5.77. The van der Waals surface area contributed by atoms with Gasteiger partial charge >= 0.3 is 0 Å². The number of carbonyl (C=O) groups excluding carboxylic acids is 1. The molecule has 0 aromatic carbocycles. The van der Waals surface area contributed by atoms with Crippen LogP contribution in [-0.4, -0.2) is 11.9 Å². The molecule has 1 N–H and O–H groups in total. The van der Waals surface area contributed by atoms with Crippen molar-refractivity contribution in [3.63, 3.8) is 0 Å². The van der Waals surface area contributed by atoms with Gasteiger partial charge in [0.25, 0.3) is 5.91 Å². The Bertz CT molecular complexity index is 415. The van der Waals surface area contributed by atoms with Crippen molar-refractivity contribution in [2.24, 2.45) is 11.8 Å². The maximum atomic E-state index is 11.9. The summed E-state index contributed by atoms with van der Waals surface area (Å²) in [5.41, 5.74) is 0.449. The molecule has 1 aromatic rings. The predicted octanol–water partition coefficient (Wildman–Crippen LogP) is 2.85. The first-order valence-corrected chi connectivity index (χ1v) is 6.15. The molecule has 3 atom stereocenters. The molecule has 1 amide bonds. The van der Waals surface area contributed by atoms with Gasteiger partial charge < -0.3 is 9.73 Å². The van der Waals surface area contributed by atoms with Gasteiger partial charge in [0.2, 0.25) is 5.22 Å². The highest BCUT2D eigenvalue weighted by Gasteiger charge is 2.40. The minimum Gasteiger partial charge on any atom is -0.452 e. The van der Waals surface area contributed by atoms with Crippen LogP contribution in [0, 0.1) is 11.8 Å². The molecule has 16 heavy (non-hydrogen) atoms. The number of rotatable bonds is 2. The van der Waals surface area contributed by atoms with Gasteiger partial charge in [0.1, 0.15) is 0 Å². The standard InChI is InChI=1S/C12H14ClNO2/c13-11-9(3-4-16-11)12(15)14-10-6-7-1-2-8(10)5-7/h3-4,7-8,10H,1-2,5-6H2,(H,14,15). The van der Waals surface area contributed by atoms with Crippen molar-refractivity contribution in [2.75, 3.05) is 0 Å². The summed E-state index contributed by atoms with van der Waals surface area (Å²) in [6.07, 6.45) is 6.45. The van der Waals surface area contributed by atoms with E-state index in [2.05, 4.69) is 5.32 Å². The molecule has 2 aliphatic rings. The predicted molar refractivity (Wildman–Crippen MR) is 60.4 cm³/mol. The second-order valence-electron chi connectivity index (χ2n) is 4.86. The van der Waals surface area contributed by atoms with Crippen LogP contribution in [0.4, 0.5) is 0 Å². The lowest BCUT2D eigenvalue weighted by molar-refractivity contribution is 0.0922. The Kier molecular flexibility index (Phi) is 2.43. The van der Waals surface area contributed by atoms with Crippen LogP contribution in [0.5, 0.6) is 0 Å². The Morgan fingerprint density at radius 1 is 1.44 bits per heavy atom. The summed E-state index contributed by atoms with van der Waals surface area (Å²) in [6.45, 7) is 0. The SMILES string of the molecule is O=C(NC1CC2CCC1C2)c1ccoc1Cl. The fraction of sp³-hybridized carbons (Fsp3) is 0.583. The number of furan rings is 1. The Hall–Kier alpha value is -0.960. The quantitative estimate of drug-likeness (QED) is 0.862. The van der Waals surface area contributed by atoms with Gasteiger partial charge in [0.15, 0.2) is 0 Å². The smallest absolute Gasteiger partial charge is 0.256 e. The minimum absolute atomic E-state index is 0.101. The topological polar surface area (TPSA) is 42.2 Å². The molecule has 1 heterocycles. The summed E-state index contributed by atoms with van der Waals surface area (Å²) in [5.74, 6) is 1.41. The molecule has 2 aliphatic carbocycles. The molecule has 2 fully saturated rings. The van der Waals surface area contributed by atoms with E-state index in [1.165, 1.54) is 25.5 Å². The Labute approximate surface area is 99.1 Å². The van der Waals surface area contributed by atoms with Gasteiger partial charge in [-0.25, -0.2) is 0 Å². The minimum atomic E-state index is -0.101. The summed E-state index contributed by atoms with van der Waals surface area (Å²) in [7, 11) is 0. The molecule has 3 unspecified atom stereocenters. The van der Waals surface area contributed by atoms with Gasteiger partial charge in [-0.15, -0.1) is 0 Å². The molecule has 2 bridgehead atoms. The second-order valence-corrected chi connectivity index (χ2v) is 5.21. The van der Waals surface area contributed by atoms with Gasteiger partial charge in [0.05, 0.1) is 11.8 Å². The van der Waals surface area contributed by atoms with Gasteiger partial charge in [-0.3, -0.25) is 4.79 Å². The largest absolute Gasteiger partial charge is 0.452 e. The first-order chi connectivity index (χ1) is 7.74. The highest BCUT2D eigenvalue weighted by molar-refractivity contribution is 6.32. The van der Waals surface area contributed by atoms with Crippen LogP contribution in [0.2, 0.25) is 5.22 Å². The van der Waals surface area contributed by atoms with E-state index >= 15 is 0 Å². The first-order valence-electron chi connectivity index (χ1n) is 5.78. The first kappa shape index (κ1) is 10.2. The van der Waals surface area contributed by atoms with E-state index in [-0.39, 0.29) is 11.1 Å². The molecule has 2 saturated carbocycles. The van der Waals surface area contributed by atoms with Crippen LogP contribution in [0.1, 0.15) is 36.0 Å². The van der Waals surface area contributed by atoms with Gasteiger partial charge in [-0.05, 0) is 48.8 Å². The number of hydrogen-bond donors (Lipinski definition) is 1. The van der Waals surface area contributed by atoms with Crippen molar-refractivity contribution < 1.29 is 9.21 Å². The van der Waals surface area contributed by atoms with E-state index < -0.39 is 0 Å². The molecule has 0 spiro atoms.